The topological polar surface area (TPSA) is 77.6 Å². The van der Waals surface area contributed by atoms with E-state index in [2.05, 4.69) is 44.8 Å². The van der Waals surface area contributed by atoms with E-state index in [1.54, 1.807) is 6.20 Å². The van der Waals surface area contributed by atoms with Crippen LogP contribution in [0.5, 0.6) is 0 Å². The number of aldehydes is 1. The van der Waals surface area contributed by atoms with Gasteiger partial charge in [-0.05, 0) is 47.5 Å². The molecule has 194 valence electrons. The largest absolute Gasteiger partial charge is 0.369 e. The molecule has 0 spiro atoms. The summed E-state index contributed by atoms with van der Waals surface area (Å²) in [7, 11) is 1.90. The molecule has 0 radical (unpaired) electrons. The second-order valence-corrected chi connectivity index (χ2v) is 10.3. The van der Waals surface area contributed by atoms with E-state index in [1.807, 2.05) is 65.9 Å². The van der Waals surface area contributed by atoms with Gasteiger partial charge in [-0.25, -0.2) is 4.98 Å². The third kappa shape index (κ3) is 5.99. The van der Waals surface area contributed by atoms with Crippen LogP contribution in [0.1, 0.15) is 27.5 Å². The highest BCUT2D eigenvalue weighted by atomic mass is 32.1. The standard InChI is InChI=1S/C30H31N5O2S/c1-34(28(23-5-3-2-4-6-23)29(37)33-30-32-15-18-38-30)20-25-8-7-24(19-26(25)21-36)22-9-11-27(12-10-22)35-16-13-31-14-17-35/h2-12,15,18-19,21,28,31H,13-14,16-17,20H2,1H3,(H,32,33,37). The Balaban J connectivity index is 1.35. The average molecular weight is 526 g/mol. The van der Waals surface area contributed by atoms with E-state index in [0.29, 0.717) is 17.2 Å². The minimum atomic E-state index is -0.545. The van der Waals surface area contributed by atoms with Crippen LogP contribution in [-0.2, 0) is 11.3 Å². The van der Waals surface area contributed by atoms with Crippen molar-refractivity contribution in [2.75, 3.05) is 43.4 Å². The molecular weight excluding hydrogens is 494 g/mol. The highest BCUT2D eigenvalue weighted by molar-refractivity contribution is 7.13. The van der Waals surface area contributed by atoms with Gasteiger partial charge < -0.3 is 15.5 Å². The van der Waals surface area contributed by atoms with E-state index in [9.17, 15) is 9.59 Å². The monoisotopic (exact) mass is 525 g/mol. The third-order valence-corrected chi connectivity index (χ3v) is 7.53. The quantitative estimate of drug-likeness (QED) is 0.305. The van der Waals surface area contributed by atoms with Gasteiger partial charge >= 0.3 is 0 Å². The number of aromatic nitrogens is 1. The summed E-state index contributed by atoms with van der Waals surface area (Å²) in [6.07, 6.45) is 2.56. The fourth-order valence-corrected chi connectivity index (χ4v) is 5.41. The van der Waals surface area contributed by atoms with E-state index >= 15 is 0 Å². The molecular formula is C30H31N5O2S. The van der Waals surface area contributed by atoms with Gasteiger partial charge in [-0.1, -0.05) is 54.6 Å². The predicted molar refractivity (Wildman–Crippen MR) is 154 cm³/mol. The van der Waals surface area contributed by atoms with Crippen LogP contribution in [-0.4, -0.2) is 55.3 Å². The van der Waals surface area contributed by atoms with E-state index in [1.165, 1.54) is 17.0 Å². The molecule has 3 aromatic carbocycles. The van der Waals surface area contributed by atoms with Gasteiger partial charge in [-0.2, -0.15) is 0 Å². The lowest BCUT2D eigenvalue weighted by atomic mass is 9.98. The van der Waals surface area contributed by atoms with E-state index < -0.39 is 6.04 Å². The molecule has 7 nitrogen and oxygen atoms in total. The minimum absolute atomic E-state index is 0.164. The number of rotatable bonds is 9. The van der Waals surface area contributed by atoms with Gasteiger partial charge in [0.25, 0.3) is 0 Å². The first-order valence-corrected chi connectivity index (χ1v) is 13.6. The molecule has 0 aliphatic carbocycles. The molecule has 1 atom stereocenters. The van der Waals surface area contributed by atoms with E-state index in [0.717, 1.165) is 54.7 Å². The molecule has 2 heterocycles. The van der Waals surface area contributed by atoms with Crippen molar-refractivity contribution in [2.45, 2.75) is 12.6 Å². The lowest BCUT2D eigenvalue weighted by molar-refractivity contribution is -0.121. The van der Waals surface area contributed by atoms with Crippen molar-refractivity contribution < 1.29 is 9.59 Å². The van der Waals surface area contributed by atoms with Gasteiger partial charge in [0, 0.05) is 55.6 Å². The second kappa shape index (κ2) is 12.1. The fraction of sp³-hybridized carbons (Fsp3) is 0.233. The minimum Gasteiger partial charge on any atom is -0.369 e. The number of benzene rings is 3. The van der Waals surface area contributed by atoms with Crippen molar-refractivity contribution in [3.05, 3.63) is 101 Å². The molecule has 1 aliphatic heterocycles. The van der Waals surface area contributed by atoms with Crippen LogP contribution >= 0.6 is 11.3 Å². The Morgan fingerprint density at radius 3 is 2.50 bits per heavy atom. The van der Waals surface area contributed by atoms with Crippen molar-refractivity contribution in [1.29, 1.82) is 0 Å². The summed E-state index contributed by atoms with van der Waals surface area (Å²) < 4.78 is 0. The van der Waals surface area contributed by atoms with Crippen molar-refractivity contribution in [2.24, 2.45) is 0 Å². The Bertz CT molecular complexity index is 1350. The van der Waals surface area contributed by atoms with Crippen LogP contribution in [0.15, 0.2) is 84.4 Å². The molecule has 1 fully saturated rings. The van der Waals surface area contributed by atoms with Crippen LogP contribution in [0.2, 0.25) is 0 Å². The molecule has 1 saturated heterocycles. The Morgan fingerprint density at radius 2 is 1.82 bits per heavy atom. The molecule has 0 bridgehead atoms. The first-order valence-electron chi connectivity index (χ1n) is 12.7. The number of piperazine rings is 1. The molecule has 8 heteroatoms. The first-order chi connectivity index (χ1) is 18.6. The Labute approximate surface area is 227 Å². The number of nitrogens with zero attached hydrogens (tertiary/aromatic N) is 3. The zero-order chi connectivity index (χ0) is 26.3. The lowest BCUT2D eigenvalue weighted by Crippen LogP contribution is -2.43. The maximum atomic E-state index is 13.3. The molecule has 38 heavy (non-hydrogen) atoms. The van der Waals surface area contributed by atoms with Crippen molar-refractivity contribution in [3.63, 3.8) is 0 Å². The number of likely N-dealkylation sites (N-methyl/N-ethyl adjacent to an activating group) is 1. The molecule has 1 aromatic heterocycles. The third-order valence-electron chi connectivity index (χ3n) is 6.84. The second-order valence-electron chi connectivity index (χ2n) is 9.37. The van der Waals surface area contributed by atoms with Gasteiger partial charge in [0.2, 0.25) is 5.91 Å². The molecule has 1 amide bonds. The van der Waals surface area contributed by atoms with Crippen LogP contribution in [0.4, 0.5) is 10.8 Å². The van der Waals surface area contributed by atoms with Crippen LogP contribution in [0.3, 0.4) is 0 Å². The number of carbonyl (C=O) groups is 2. The number of hydrogen-bond acceptors (Lipinski definition) is 7. The zero-order valence-corrected chi connectivity index (χ0v) is 22.2. The molecule has 0 saturated carbocycles. The number of anilines is 2. The predicted octanol–water partition coefficient (Wildman–Crippen LogP) is 4.84. The fourth-order valence-electron chi connectivity index (χ4n) is 4.88. The summed E-state index contributed by atoms with van der Waals surface area (Å²) in [4.78, 5) is 34.0. The highest BCUT2D eigenvalue weighted by Gasteiger charge is 2.26. The number of carbonyl (C=O) groups excluding carboxylic acids is 2. The SMILES string of the molecule is CN(Cc1ccc(-c2ccc(N3CCNCC3)cc2)cc1C=O)C(C(=O)Nc1nccs1)c1ccccc1. The molecule has 2 N–H and O–H groups in total. The van der Waals surface area contributed by atoms with Crippen LogP contribution < -0.4 is 15.5 Å². The van der Waals surface area contributed by atoms with Gasteiger partial charge in [0.05, 0.1) is 0 Å². The smallest absolute Gasteiger partial charge is 0.248 e. The Kier molecular flexibility index (Phi) is 8.23. The zero-order valence-electron chi connectivity index (χ0n) is 21.3. The molecule has 1 unspecified atom stereocenters. The Hall–Kier alpha value is -3.85. The average Bonchev–Trinajstić information content (AvgIpc) is 3.47. The van der Waals surface area contributed by atoms with Gasteiger partial charge in [0.15, 0.2) is 5.13 Å². The highest BCUT2D eigenvalue weighted by Crippen LogP contribution is 2.28. The van der Waals surface area contributed by atoms with Gasteiger partial charge in [-0.15, -0.1) is 11.3 Å². The summed E-state index contributed by atoms with van der Waals surface area (Å²) in [5.74, 6) is -0.164. The van der Waals surface area contributed by atoms with E-state index in [4.69, 9.17) is 0 Å². The summed E-state index contributed by atoms with van der Waals surface area (Å²) in [6.45, 7) is 4.43. The number of thiazole rings is 1. The van der Waals surface area contributed by atoms with Crippen molar-refractivity contribution >= 4 is 34.3 Å². The van der Waals surface area contributed by atoms with E-state index in [-0.39, 0.29) is 5.91 Å². The number of hydrogen-bond donors (Lipinski definition) is 2. The summed E-state index contributed by atoms with van der Waals surface area (Å²) >= 11 is 1.38. The summed E-state index contributed by atoms with van der Waals surface area (Å²) in [6, 6.07) is 23.6. The summed E-state index contributed by atoms with van der Waals surface area (Å²) in [5.41, 5.74) is 5.63. The summed E-state index contributed by atoms with van der Waals surface area (Å²) in [5, 5.41) is 8.69. The molecule has 4 aromatic rings. The van der Waals surface area contributed by atoms with Gasteiger partial charge in [0.1, 0.15) is 12.3 Å². The maximum Gasteiger partial charge on any atom is 0.248 e. The number of amides is 1. The Morgan fingerprint density at radius 1 is 1.08 bits per heavy atom. The molecule has 5 rings (SSSR count). The van der Waals surface area contributed by atoms with Gasteiger partial charge in [-0.3, -0.25) is 14.5 Å². The maximum absolute atomic E-state index is 13.3. The molecule has 1 aliphatic rings. The van der Waals surface area contributed by atoms with Crippen LogP contribution in [0.25, 0.3) is 11.1 Å². The number of nitrogens with one attached hydrogen (secondary N) is 2. The first kappa shape index (κ1) is 25.8. The van der Waals surface area contributed by atoms with Crippen LogP contribution in [0, 0.1) is 0 Å². The normalized spacial score (nSPS) is 14.3. The van der Waals surface area contributed by atoms with Crippen molar-refractivity contribution in [3.8, 4) is 11.1 Å². The lowest BCUT2D eigenvalue weighted by Gasteiger charge is -2.29. The van der Waals surface area contributed by atoms with Crippen molar-refractivity contribution in [1.82, 2.24) is 15.2 Å².